The third kappa shape index (κ3) is 1.66. The molecular weight excluding hydrogens is 182 g/mol. The average molecular weight is 193 g/mol. The summed E-state index contributed by atoms with van der Waals surface area (Å²) >= 11 is 1.70. The van der Waals surface area contributed by atoms with Crippen molar-refractivity contribution < 1.29 is 5.11 Å². The molecule has 1 heterocycles. The molecule has 0 saturated carbocycles. The highest BCUT2D eigenvalue weighted by molar-refractivity contribution is 7.19. The Bertz CT molecular complexity index is 422. The summed E-state index contributed by atoms with van der Waals surface area (Å²) < 4.78 is 1.13. The van der Waals surface area contributed by atoms with Crippen LogP contribution in [0, 0.1) is 0 Å². The fourth-order valence-corrected chi connectivity index (χ4v) is 2.45. The van der Waals surface area contributed by atoms with Gasteiger partial charge in [0.05, 0.1) is 0 Å². The minimum Gasteiger partial charge on any atom is -0.508 e. The van der Waals surface area contributed by atoms with Crippen LogP contribution in [0.4, 0.5) is 0 Å². The maximum atomic E-state index is 9.25. The zero-order valence-electron chi connectivity index (χ0n) is 7.16. The maximum Gasteiger partial charge on any atom is 0.117 e. The van der Waals surface area contributed by atoms with Crippen LogP contribution in [0.25, 0.3) is 10.1 Å². The number of benzene rings is 1. The van der Waals surface area contributed by atoms with E-state index in [2.05, 4.69) is 6.07 Å². The van der Waals surface area contributed by atoms with Gasteiger partial charge in [0.25, 0.3) is 0 Å². The van der Waals surface area contributed by atoms with Gasteiger partial charge in [0, 0.05) is 9.58 Å². The van der Waals surface area contributed by atoms with E-state index in [1.807, 2.05) is 6.07 Å². The van der Waals surface area contributed by atoms with Gasteiger partial charge in [-0.05, 0) is 42.6 Å². The van der Waals surface area contributed by atoms with Crippen LogP contribution >= 0.6 is 11.3 Å². The van der Waals surface area contributed by atoms with Crippen LogP contribution in [-0.2, 0) is 6.42 Å². The Morgan fingerprint density at radius 2 is 2.15 bits per heavy atom. The lowest BCUT2D eigenvalue weighted by Gasteiger charge is -1.89. The number of hydrogen-bond donors (Lipinski definition) is 2. The van der Waals surface area contributed by atoms with Gasteiger partial charge in [0.15, 0.2) is 0 Å². The first-order valence-corrected chi connectivity index (χ1v) is 5.03. The molecule has 1 aromatic carbocycles. The number of rotatable bonds is 2. The van der Waals surface area contributed by atoms with Crippen molar-refractivity contribution in [2.45, 2.75) is 6.42 Å². The highest BCUT2D eigenvalue weighted by Crippen LogP contribution is 2.28. The van der Waals surface area contributed by atoms with Gasteiger partial charge in [0.1, 0.15) is 5.75 Å². The Kier molecular flexibility index (Phi) is 2.20. The quantitative estimate of drug-likeness (QED) is 0.767. The smallest absolute Gasteiger partial charge is 0.117 e. The third-order valence-electron chi connectivity index (χ3n) is 1.95. The largest absolute Gasteiger partial charge is 0.508 e. The Hall–Kier alpha value is -1.06. The summed E-state index contributed by atoms with van der Waals surface area (Å²) in [6.45, 7) is 0.679. The lowest BCUT2D eigenvalue weighted by atomic mass is 10.2. The third-order valence-corrected chi connectivity index (χ3v) is 3.10. The molecule has 0 unspecified atom stereocenters. The summed E-state index contributed by atoms with van der Waals surface area (Å²) in [7, 11) is 0. The Balaban J connectivity index is 2.49. The van der Waals surface area contributed by atoms with Gasteiger partial charge < -0.3 is 10.8 Å². The normalized spacial score (nSPS) is 10.8. The Labute approximate surface area is 80.6 Å². The molecule has 0 aliphatic heterocycles. The molecule has 3 heteroatoms. The van der Waals surface area contributed by atoms with Gasteiger partial charge in [-0.15, -0.1) is 11.3 Å². The first-order valence-electron chi connectivity index (χ1n) is 4.21. The number of nitrogens with two attached hydrogens (primary N) is 1. The average Bonchev–Trinajstić information content (AvgIpc) is 2.46. The zero-order valence-corrected chi connectivity index (χ0v) is 7.97. The molecule has 3 N–H and O–H groups in total. The summed E-state index contributed by atoms with van der Waals surface area (Å²) in [5, 5.41) is 10.4. The number of fused-ring (bicyclic) bond motifs is 1. The van der Waals surface area contributed by atoms with E-state index in [1.54, 1.807) is 23.5 Å². The molecule has 0 radical (unpaired) electrons. The number of hydrogen-bond acceptors (Lipinski definition) is 3. The molecule has 2 aromatic rings. The molecule has 1 aromatic heterocycles. The monoisotopic (exact) mass is 193 g/mol. The topological polar surface area (TPSA) is 46.2 Å². The number of aromatic hydroxyl groups is 1. The lowest BCUT2D eigenvalue weighted by molar-refractivity contribution is 0.476. The van der Waals surface area contributed by atoms with E-state index in [0.29, 0.717) is 12.3 Å². The molecule has 0 aliphatic carbocycles. The first kappa shape index (κ1) is 8.53. The van der Waals surface area contributed by atoms with E-state index in [1.165, 1.54) is 10.3 Å². The van der Waals surface area contributed by atoms with Crippen LogP contribution in [0.5, 0.6) is 5.75 Å². The van der Waals surface area contributed by atoms with Crippen molar-refractivity contribution in [2.24, 2.45) is 5.73 Å². The van der Waals surface area contributed by atoms with Crippen molar-refractivity contribution in [2.75, 3.05) is 6.54 Å². The molecule has 0 atom stereocenters. The van der Waals surface area contributed by atoms with Crippen LogP contribution in [0.1, 0.15) is 4.88 Å². The van der Waals surface area contributed by atoms with Crippen molar-refractivity contribution >= 4 is 21.4 Å². The minimum absolute atomic E-state index is 0.327. The second-order valence-corrected chi connectivity index (χ2v) is 4.14. The van der Waals surface area contributed by atoms with E-state index in [4.69, 9.17) is 5.73 Å². The maximum absolute atomic E-state index is 9.25. The summed E-state index contributed by atoms with van der Waals surface area (Å²) in [5.41, 5.74) is 5.47. The van der Waals surface area contributed by atoms with Crippen LogP contribution in [0.15, 0.2) is 24.3 Å². The highest BCUT2D eigenvalue weighted by Gasteiger charge is 2.01. The fraction of sp³-hybridized carbons (Fsp3) is 0.200. The number of phenols is 1. The van der Waals surface area contributed by atoms with Gasteiger partial charge in [-0.3, -0.25) is 0 Å². The van der Waals surface area contributed by atoms with E-state index >= 15 is 0 Å². The molecular formula is C10H11NOS. The van der Waals surface area contributed by atoms with Gasteiger partial charge >= 0.3 is 0 Å². The predicted molar refractivity (Wildman–Crippen MR) is 56.2 cm³/mol. The molecule has 13 heavy (non-hydrogen) atoms. The molecule has 2 nitrogen and oxygen atoms in total. The van der Waals surface area contributed by atoms with Gasteiger partial charge in [-0.1, -0.05) is 0 Å². The van der Waals surface area contributed by atoms with Crippen LogP contribution in [0.2, 0.25) is 0 Å². The van der Waals surface area contributed by atoms with Crippen LogP contribution in [-0.4, -0.2) is 11.7 Å². The molecule has 0 bridgehead atoms. The number of phenolic OH excluding ortho intramolecular Hbond substituents is 1. The standard InChI is InChI=1S/C10H11NOS/c11-4-3-9-5-7-1-2-8(12)6-10(7)13-9/h1-2,5-6,12H,3-4,11H2. The van der Waals surface area contributed by atoms with E-state index in [0.717, 1.165) is 11.1 Å². The van der Waals surface area contributed by atoms with Crippen molar-refractivity contribution in [3.8, 4) is 5.75 Å². The first-order chi connectivity index (χ1) is 6.29. The number of thiophene rings is 1. The van der Waals surface area contributed by atoms with Crippen LogP contribution in [0.3, 0.4) is 0 Å². The summed E-state index contributed by atoms with van der Waals surface area (Å²) in [4.78, 5) is 1.28. The van der Waals surface area contributed by atoms with Crippen molar-refractivity contribution in [3.05, 3.63) is 29.1 Å². The predicted octanol–water partition coefficient (Wildman–Crippen LogP) is 2.11. The van der Waals surface area contributed by atoms with Gasteiger partial charge in [-0.2, -0.15) is 0 Å². The zero-order chi connectivity index (χ0) is 9.26. The summed E-state index contributed by atoms with van der Waals surface area (Å²) in [5.74, 6) is 0.327. The Morgan fingerprint density at radius 3 is 2.92 bits per heavy atom. The van der Waals surface area contributed by atoms with Gasteiger partial charge in [-0.25, -0.2) is 0 Å². The van der Waals surface area contributed by atoms with Crippen molar-refractivity contribution in [1.82, 2.24) is 0 Å². The van der Waals surface area contributed by atoms with Crippen molar-refractivity contribution in [3.63, 3.8) is 0 Å². The molecule has 2 rings (SSSR count). The molecule has 0 spiro atoms. The summed E-state index contributed by atoms with van der Waals surface area (Å²) in [6.07, 6.45) is 0.917. The van der Waals surface area contributed by atoms with E-state index in [9.17, 15) is 5.11 Å². The summed E-state index contributed by atoms with van der Waals surface area (Å²) in [6, 6.07) is 7.56. The molecule has 0 aliphatic rings. The van der Waals surface area contributed by atoms with E-state index in [-0.39, 0.29) is 0 Å². The molecule has 0 fully saturated rings. The highest BCUT2D eigenvalue weighted by atomic mass is 32.1. The molecule has 68 valence electrons. The molecule has 0 saturated heterocycles. The van der Waals surface area contributed by atoms with Gasteiger partial charge in [0.2, 0.25) is 0 Å². The minimum atomic E-state index is 0.327. The SMILES string of the molecule is NCCc1cc2ccc(O)cc2s1. The van der Waals surface area contributed by atoms with Crippen molar-refractivity contribution in [1.29, 1.82) is 0 Å². The molecule has 0 amide bonds. The second-order valence-electron chi connectivity index (χ2n) is 2.97. The fourth-order valence-electron chi connectivity index (χ4n) is 1.34. The lowest BCUT2D eigenvalue weighted by Crippen LogP contribution is -2.00. The van der Waals surface area contributed by atoms with Crippen LogP contribution < -0.4 is 5.73 Å². The van der Waals surface area contributed by atoms with E-state index < -0.39 is 0 Å². The Morgan fingerprint density at radius 1 is 1.31 bits per heavy atom. The second kappa shape index (κ2) is 3.36.